The van der Waals surface area contributed by atoms with E-state index in [9.17, 15) is 9.18 Å². The summed E-state index contributed by atoms with van der Waals surface area (Å²) in [7, 11) is 0. The molecule has 1 saturated heterocycles. The Bertz CT molecular complexity index is 1150. The average molecular weight is 458 g/mol. The molecule has 1 amide bonds. The topological polar surface area (TPSA) is 49.6 Å². The Morgan fingerprint density at radius 2 is 1.81 bits per heavy atom. The van der Waals surface area contributed by atoms with Crippen LogP contribution in [0, 0.1) is 5.82 Å². The molecule has 0 unspecified atom stereocenters. The first-order chi connectivity index (χ1) is 14.7. The van der Waals surface area contributed by atoms with E-state index in [-0.39, 0.29) is 24.1 Å². The van der Waals surface area contributed by atoms with Crippen LogP contribution in [0.15, 0.2) is 64.4 Å². The van der Waals surface area contributed by atoms with Gasteiger partial charge in [0.1, 0.15) is 16.4 Å². The molecular weight excluding hydrogens is 437 g/mol. The molecule has 3 heterocycles. The summed E-state index contributed by atoms with van der Waals surface area (Å²) >= 11 is 1.61. The summed E-state index contributed by atoms with van der Waals surface area (Å²) in [5, 5.41) is 3.97. The molecule has 0 saturated carbocycles. The third-order valence-corrected chi connectivity index (χ3v) is 6.18. The van der Waals surface area contributed by atoms with Crippen LogP contribution in [0.4, 0.5) is 4.39 Å². The van der Waals surface area contributed by atoms with Crippen LogP contribution in [0.1, 0.15) is 15.6 Å². The fourth-order valence-corrected chi connectivity index (χ4v) is 4.52. The van der Waals surface area contributed by atoms with E-state index in [1.165, 1.54) is 12.1 Å². The Kier molecular flexibility index (Phi) is 6.36. The molecule has 0 aliphatic carbocycles. The molecule has 0 radical (unpaired) electrons. The quantitative estimate of drug-likeness (QED) is 0.429. The summed E-state index contributed by atoms with van der Waals surface area (Å²) in [4.78, 5) is 21.6. The minimum atomic E-state index is -0.246. The van der Waals surface area contributed by atoms with Crippen LogP contribution in [-0.4, -0.2) is 46.9 Å². The minimum absolute atomic E-state index is 0. The van der Waals surface area contributed by atoms with Gasteiger partial charge in [0.2, 0.25) is 0 Å². The van der Waals surface area contributed by atoms with Crippen molar-refractivity contribution in [3.8, 4) is 11.3 Å². The van der Waals surface area contributed by atoms with E-state index in [4.69, 9.17) is 4.42 Å². The number of carbonyl (C=O) groups excluding carboxylic acids is 1. The molecule has 0 spiro atoms. The molecule has 1 aliphatic heterocycles. The predicted octanol–water partition coefficient (Wildman–Crippen LogP) is 5.08. The van der Waals surface area contributed by atoms with Crippen molar-refractivity contribution in [3.63, 3.8) is 0 Å². The molecule has 31 heavy (non-hydrogen) atoms. The smallest absolute Gasteiger partial charge is 0.289 e. The van der Waals surface area contributed by atoms with Crippen molar-refractivity contribution >= 4 is 40.6 Å². The summed E-state index contributed by atoms with van der Waals surface area (Å²) in [6, 6.07) is 15.9. The first kappa shape index (κ1) is 21.5. The van der Waals surface area contributed by atoms with Gasteiger partial charge in [0.15, 0.2) is 5.76 Å². The Labute approximate surface area is 189 Å². The number of thiazole rings is 1. The number of piperazine rings is 1. The number of aromatic nitrogens is 1. The number of hydrogen-bond acceptors (Lipinski definition) is 5. The summed E-state index contributed by atoms with van der Waals surface area (Å²) in [6.45, 7) is 3.64. The second-order valence-electron chi connectivity index (χ2n) is 7.35. The lowest BCUT2D eigenvalue weighted by Gasteiger charge is -2.33. The van der Waals surface area contributed by atoms with Crippen molar-refractivity contribution in [2.45, 2.75) is 6.54 Å². The Hall–Kier alpha value is -2.74. The fourth-order valence-electron chi connectivity index (χ4n) is 3.68. The number of rotatable bonds is 4. The van der Waals surface area contributed by atoms with Gasteiger partial charge in [0.05, 0.1) is 12.2 Å². The zero-order chi connectivity index (χ0) is 20.5. The lowest BCUT2D eigenvalue weighted by atomic mass is 10.2. The predicted molar refractivity (Wildman–Crippen MR) is 122 cm³/mol. The number of nitrogens with zero attached hydrogens (tertiary/aromatic N) is 3. The van der Waals surface area contributed by atoms with Crippen molar-refractivity contribution in [2.24, 2.45) is 0 Å². The van der Waals surface area contributed by atoms with Gasteiger partial charge < -0.3 is 9.32 Å². The molecule has 2 aromatic carbocycles. The highest BCUT2D eigenvalue weighted by Gasteiger charge is 2.25. The zero-order valence-electron chi connectivity index (χ0n) is 16.7. The number of benzene rings is 2. The molecule has 0 bridgehead atoms. The summed E-state index contributed by atoms with van der Waals surface area (Å²) < 4.78 is 18.8. The first-order valence-corrected chi connectivity index (χ1v) is 10.7. The lowest BCUT2D eigenvalue weighted by Crippen LogP contribution is -2.48. The van der Waals surface area contributed by atoms with Crippen LogP contribution < -0.4 is 0 Å². The van der Waals surface area contributed by atoms with E-state index >= 15 is 0 Å². The van der Waals surface area contributed by atoms with Crippen LogP contribution in [0.5, 0.6) is 0 Å². The summed E-state index contributed by atoms with van der Waals surface area (Å²) in [5.74, 6) is 0.0940. The molecule has 160 valence electrons. The van der Waals surface area contributed by atoms with Gasteiger partial charge in [-0.05, 0) is 36.4 Å². The minimum Gasteiger partial charge on any atom is -0.451 e. The van der Waals surface area contributed by atoms with Gasteiger partial charge in [-0.15, -0.1) is 23.7 Å². The summed E-state index contributed by atoms with van der Waals surface area (Å²) in [5.41, 5.74) is 2.52. The number of hydrogen-bond donors (Lipinski definition) is 0. The second-order valence-corrected chi connectivity index (χ2v) is 8.29. The monoisotopic (exact) mass is 457 g/mol. The summed E-state index contributed by atoms with van der Waals surface area (Å²) in [6.07, 6.45) is 0. The third-order valence-electron chi connectivity index (χ3n) is 5.35. The van der Waals surface area contributed by atoms with E-state index in [1.807, 2.05) is 40.6 Å². The number of halogens is 2. The highest BCUT2D eigenvalue weighted by atomic mass is 35.5. The molecule has 4 aromatic rings. The standard InChI is InChI=1S/C23H20FN3O2S.ClH/c24-18-7-5-16(6-8-18)19-15-30-22(25-19)14-26-9-11-27(12-10-26)23(28)21-13-17-3-1-2-4-20(17)29-21;/h1-8,13,15H,9-12,14H2;1H. The Morgan fingerprint density at radius 1 is 1.06 bits per heavy atom. The molecule has 8 heteroatoms. The Balaban J connectivity index is 0.00000231. The average Bonchev–Trinajstić information content (AvgIpc) is 3.41. The van der Waals surface area contributed by atoms with Crippen molar-refractivity contribution in [1.82, 2.24) is 14.8 Å². The van der Waals surface area contributed by atoms with Gasteiger partial charge in [0, 0.05) is 42.5 Å². The second kappa shape index (κ2) is 9.18. The van der Waals surface area contributed by atoms with Crippen LogP contribution in [0.2, 0.25) is 0 Å². The number of furan rings is 1. The molecule has 1 fully saturated rings. The highest BCUT2D eigenvalue weighted by molar-refractivity contribution is 7.09. The zero-order valence-corrected chi connectivity index (χ0v) is 18.3. The van der Waals surface area contributed by atoms with E-state index in [0.717, 1.165) is 46.9 Å². The van der Waals surface area contributed by atoms with Gasteiger partial charge >= 0.3 is 0 Å². The lowest BCUT2D eigenvalue weighted by molar-refractivity contribution is 0.0600. The van der Waals surface area contributed by atoms with Crippen molar-refractivity contribution in [2.75, 3.05) is 26.2 Å². The molecule has 5 nitrogen and oxygen atoms in total. The van der Waals surface area contributed by atoms with Crippen LogP contribution in [0.25, 0.3) is 22.2 Å². The van der Waals surface area contributed by atoms with E-state index in [2.05, 4.69) is 9.88 Å². The van der Waals surface area contributed by atoms with Crippen LogP contribution in [-0.2, 0) is 6.54 Å². The molecule has 0 N–H and O–H groups in total. The highest BCUT2D eigenvalue weighted by Crippen LogP contribution is 2.24. The number of carbonyl (C=O) groups is 1. The van der Waals surface area contributed by atoms with E-state index in [1.54, 1.807) is 23.5 Å². The van der Waals surface area contributed by atoms with Crippen molar-refractivity contribution < 1.29 is 13.6 Å². The largest absolute Gasteiger partial charge is 0.451 e. The number of fused-ring (bicyclic) bond motifs is 1. The first-order valence-electron chi connectivity index (χ1n) is 9.86. The van der Waals surface area contributed by atoms with Gasteiger partial charge in [0.25, 0.3) is 5.91 Å². The van der Waals surface area contributed by atoms with Crippen molar-refractivity contribution in [3.05, 3.63) is 76.6 Å². The van der Waals surface area contributed by atoms with Gasteiger partial charge in [-0.25, -0.2) is 9.37 Å². The third kappa shape index (κ3) is 4.63. The Morgan fingerprint density at radius 3 is 2.55 bits per heavy atom. The molecule has 1 aliphatic rings. The number of para-hydroxylation sites is 1. The number of amides is 1. The fraction of sp³-hybridized carbons (Fsp3) is 0.217. The van der Waals surface area contributed by atoms with Crippen LogP contribution in [0.3, 0.4) is 0 Å². The normalized spacial score (nSPS) is 14.5. The van der Waals surface area contributed by atoms with Crippen LogP contribution >= 0.6 is 23.7 Å². The molecular formula is C23H21ClFN3O2S. The van der Waals surface area contributed by atoms with Gasteiger partial charge in [-0.3, -0.25) is 9.69 Å². The molecule has 0 atom stereocenters. The maximum Gasteiger partial charge on any atom is 0.289 e. The molecule has 5 rings (SSSR count). The maximum atomic E-state index is 13.1. The van der Waals surface area contributed by atoms with Gasteiger partial charge in [-0.1, -0.05) is 18.2 Å². The van der Waals surface area contributed by atoms with Gasteiger partial charge in [-0.2, -0.15) is 0 Å². The maximum absolute atomic E-state index is 13.1. The van der Waals surface area contributed by atoms with Crippen molar-refractivity contribution in [1.29, 1.82) is 0 Å². The van der Waals surface area contributed by atoms with E-state index < -0.39 is 0 Å². The van der Waals surface area contributed by atoms with E-state index in [0.29, 0.717) is 18.8 Å². The molecule has 2 aromatic heterocycles. The SMILES string of the molecule is Cl.O=C(c1cc2ccccc2o1)N1CCN(Cc2nc(-c3ccc(F)cc3)cs2)CC1.